The van der Waals surface area contributed by atoms with E-state index in [1.165, 1.54) is 0 Å². The van der Waals surface area contributed by atoms with Crippen LogP contribution in [0, 0.1) is 12.3 Å². The maximum absolute atomic E-state index is 12.0. The van der Waals surface area contributed by atoms with Gasteiger partial charge in [-0.2, -0.15) is 0 Å². The molecular weight excluding hydrogens is 258 g/mol. The van der Waals surface area contributed by atoms with Crippen molar-refractivity contribution in [2.45, 2.75) is 12.8 Å². The van der Waals surface area contributed by atoms with E-state index >= 15 is 0 Å². The highest BCUT2D eigenvalue weighted by molar-refractivity contribution is 5.98. The lowest BCUT2D eigenvalue weighted by atomic mass is 10.1. The summed E-state index contributed by atoms with van der Waals surface area (Å²) in [4.78, 5) is 23.4. The maximum atomic E-state index is 12.0. The van der Waals surface area contributed by atoms with Crippen molar-refractivity contribution >= 4 is 11.7 Å². The minimum absolute atomic E-state index is 0.113. The van der Waals surface area contributed by atoms with Gasteiger partial charge in [0.05, 0.1) is 6.54 Å². The molecule has 1 amide bonds. The van der Waals surface area contributed by atoms with Crippen LogP contribution in [0.5, 0.6) is 11.5 Å². The second-order valence-corrected chi connectivity index (χ2v) is 4.26. The van der Waals surface area contributed by atoms with Crippen molar-refractivity contribution in [3.05, 3.63) is 23.8 Å². The minimum atomic E-state index is -0.228. The van der Waals surface area contributed by atoms with Crippen molar-refractivity contribution in [1.82, 2.24) is 5.32 Å². The number of carbonyl (C=O) groups excluding carboxylic acids is 2. The zero-order valence-electron chi connectivity index (χ0n) is 11.0. The summed E-state index contributed by atoms with van der Waals surface area (Å²) in [5.41, 5.74) is 0.513. The fourth-order valence-electron chi connectivity index (χ4n) is 1.83. The summed E-state index contributed by atoms with van der Waals surface area (Å²) in [6.45, 7) is 1.16. The molecule has 0 saturated carbocycles. The SMILES string of the molecule is C#CCNC(=O)CCC(=O)c1ccc2c(c1)OCCO2. The van der Waals surface area contributed by atoms with Gasteiger partial charge in [0.1, 0.15) is 13.2 Å². The fourth-order valence-corrected chi connectivity index (χ4v) is 1.83. The van der Waals surface area contributed by atoms with Crippen molar-refractivity contribution in [2.24, 2.45) is 0 Å². The van der Waals surface area contributed by atoms with Crippen molar-refractivity contribution in [2.75, 3.05) is 19.8 Å². The Kier molecular flexibility index (Phi) is 4.61. The number of amides is 1. The van der Waals surface area contributed by atoms with E-state index in [0.717, 1.165) is 0 Å². The number of carbonyl (C=O) groups is 2. The van der Waals surface area contributed by atoms with Crippen LogP contribution in [-0.2, 0) is 4.79 Å². The number of fused-ring (bicyclic) bond motifs is 1. The molecule has 1 N–H and O–H groups in total. The average Bonchev–Trinajstić information content (AvgIpc) is 2.50. The van der Waals surface area contributed by atoms with Crippen LogP contribution in [0.1, 0.15) is 23.2 Å². The van der Waals surface area contributed by atoms with E-state index in [1.807, 2.05) is 0 Å². The van der Waals surface area contributed by atoms with E-state index in [2.05, 4.69) is 11.2 Å². The van der Waals surface area contributed by atoms with Crippen molar-refractivity contribution < 1.29 is 19.1 Å². The van der Waals surface area contributed by atoms with E-state index in [1.54, 1.807) is 18.2 Å². The molecule has 1 aliphatic heterocycles. The molecule has 5 heteroatoms. The Balaban J connectivity index is 1.93. The highest BCUT2D eigenvalue weighted by Gasteiger charge is 2.15. The number of ketones is 1. The predicted octanol–water partition coefficient (Wildman–Crippen LogP) is 1.17. The second-order valence-electron chi connectivity index (χ2n) is 4.26. The standard InChI is InChI=1S/C15H15NO4/c1-2-7-16-15(18)6-4-12(17)11-3-5-13-14(10-11)20-9-8-19-13/h1,3,5,10H,4,6-9H2,(H,16,18). The first kappa shape index (κ1) is 13.9. The molecule has 0 radical (unpaired) electrons. The third-order valence-electron chi connectivity index (χ3n) is 2.83. The molecule has 1 aromatic rings. The van der Waals surface area contributed by atoms with Crippen LogP contribution in [-0.4, -0.2) is 31.4 Å². The van der Waals surface area contributed by atoms with Gasteiger partial charge in [-0.3, -0.25) is 9.59 Å². The van der Waals surface area contributed by atoms with Crippen molar-refractivity contribution in [3.8, 4) is 23.8 Å². The average molecular weight is 273 g/mol. The van der Waals surface area contributed by atoms with E-state index in [-0.39, 0.29) is 31.1 Å². The first-order valence-electron chi connectivity index (χ1n) is 6.33. The lowest BCUT2D eigenvalue weighted by Crippen LogP contribution is -2.23. The molecule has 0 atom stereocenters. The largest absolute Gasteiger partial charge is 0.486 e. The number of benzene rings is 1. The summed E-state index contributed by atoms with van der Waals surface area (Å²) < 4.78 is 10.8. The molecule has 0 bridgehead atoms. The molecule has 1 heterocycles. The van der Waals surface area contributed by atoms with Crippen molar-refractivity contribution in [1.29, 1.82) is 0 Å². The molecular formula is C15H15NO4. The Morgan fingerprint density at radius 1 is 1.20 bits per heavy atom. The fraction of sp³-hybridized carbons (Fsp3) is 0.333. The van der Waals surface area contributed by atoms with Gasteiger partial charge in [0, 0.05) is 18.4 Å². The Bertz CT molecular complexity index is 559. The van der Waals surface area contributed by atoms with Gasteiger partial charge in [-0.05, 0) is 18.2 Å². The summed E-state index contributed by atoms with van der Waals surface area (Å²) in [5, 5.41) is 2.52. The summed E-state index contributed by atoms with van der Waals surface area (Å²) in [5.74, 6) is 3.17. The number of hydrogen-bond acceptors (Lipinski definition) is 4. The predicted molar refractivity (Wildman–Crippen MR) is 72.8 cm³/mol. The summed E-state index contributed by atoms with van der Waals surface area (Å²) in [6.07, 6.45) is 5.29. The van der Waals surface area contributed by atoms with Crippen LogP contribution in [0.3, 0.4) is 0 Å². The Labute approximate surface area is 117 Å². The molecule has 0 aliphatic carbocycles. The Morgan fingerprint density at radius 2 is 1.95 bits per heavy atom. The Hall–Kier alpha value is -2.48. The number of terminal acetylenes is 1. The lowest BCUT2D eigenvalue weighted by molar-refractivity contribution is -0.120. The number of Topliss-reactive ketones (excluding diaryl/α,β-unsaturated/α-hetero) is 1. The van der Waals surface area contributed by atoms with Crippen LogP contribution in [0.15, 0.2) is 18.2 Å². The highest BCUT2D eigenvalue weighted by Crippen LogP contribution is 2.31. The molecule has 104 valence electrons. The first-order chi connectivity index (χ1) is 9.70. The van der Waals surface area contributed by atoms with Crippen molar-refractivity contribution in [3.63, 3.8) is 0 Å². The van der Waals surface area contributed by atoms with Gasteiger partial charge >= 0.3 is 0 Å². The monoisotopic (exact) mass is 273 g/mol. The molecule has 5 nitrogen and oxygen atoms in total. The molecule has 1 aromatic carbocycles. The van der Waals surface area contributed by atoms with E-state index in [9.17, 15) is 9.59 Å². The van der Waals surface area contributed by atoms with E-state index in [0.29, 0.717) is 30.3 Å². The molecule has 20 heavy (non-hydrogen) atoms. The lowest BCUT2D eigenvalue weighted by Gasteiger charge is -2.18. The van der Waals surface area contributed by atoms with Crippen LogP contribution in [0.4, 0.5) is 0 Å². The smallest absolute Gasteiger partial charge is 0.221 e. The zero-order chi connectivity index (χ0) is 14.4. The van der Waals surface area contributed by atoms with Crippen LogP contribution in [0.2, 0.25) is 0 Å². The molecule has 0 saturated heterocycles. The zero-order valence-corrected chi connectivity index (χ0v) is 11.0. The normalized spacial score (nSPS) is 12.3. The topological polar surface area (TPSA) is 64.6 Å². The van der Waals surface area contributed by atoms with Gasteiger partial charge in [0.2, 0.25) is 5.91 Å². The second kappa shape index (κ2) is 6.62. The molecule has 0 spiro atoms. The maximum Gasteiger partial charge on any atom is 0.221 e. The third kappa shape index (κ3) is 3.51. The highest BCUT2D eigenvalue weighted by atomic mass is 16.6. The molecule has 0 unspecified atom stereocenters. The minimum Gasteiger partial charge on any atom is -0.486 e. The van der Waals surface area contributed by atoms with Crippen LogP contribution >= 0.6 is 0 Å². The summed E-state index contributed by atoms with van der Waals surface area (Å²) in [6, 6.07) is 5.03. The quantitative estimate of drug-likeness (QED) is 0.646. The summed E-state index contributed by atoms with van der Waals surface area (Å²) >= 11 is 0. The summed E-state index contributed by atoms with van der Waals surface area (Å²) in [7, 11) is 0. The van der Waals surface area contributed by atoms with Gasteiger partial charge in [-0.25, -0.2) is 0 Å². The van der Waals surface area contributed by atoms with E-state index in [4.69, 9.17) is 15.9 Å². The van der Waals surface area contributed by atoms with E-state index < -0.39 is 0 Å². The van der Waals surface area contributed by atoms with Gasteiger partial charge < -0.3 is 14.8 Å². The molecule has 0 fully saturated rings. The van der Waals surface area contributed by atoms with Gasteiger partial charge in [-0.1, -0.05) is 5.92 Å². The Morgan fingerprint density at radius 3 is 2.70 bits per heavy atom. The number of hydrogen-bond donors (Lipinski definition) is 1. The van der Waals surface area contributed by atoms with Gasteiger partial charge in [0.15, 0.2) is 17.3 Å². The number of rotatable bonds is 5. The van der Waals surface area contributed by atoms with Crippen LogP contribution < -0.4 is 14.8 Å². The molecule has 1 aliphatic rings. The third-order valence-corrected chi connectivity index (χ3v) is 2.83. The molecule has 0 aromatic heterocycles. The van der Waals surface area contributed by atoms with Gasteiger partial charge in [-0.15, -0.1) is 6.42 Å². The first-order valence-corrected chi connectivity index (χ1v) is 6.33. The number of ether oxygens (including phenoxy) is 2. The van der Waals surface area contributed by atoms with Crippen LogP contribution in [0.25, 0.3) is 0 Å². The number of nitrogens with one attached hydrogen (secondary N) is 1. The van der Waals surface area contributed by atoms with Gasteiger partial charge in [0.25, 0.3) is 0 Å². The molecule has 2 rings (SSSR count).